The van der Waals surface area contributed by atoms with Crippen LogP contribution in [0.3, 0.4) is 0 Å². The Bertz CT molecular complexity index is 554. The summed E-state index contributed by atoms with van der Waals surface area (Å²) in [4.78, 5) is 0. The lowest BCUT2D eigenvalue weighted by molar-refractivity contribution is 0.328. The van der Waals surface area contributed by atoms with Crippen molar-refractivity contribution < 1.29 is 9.13 Å². The zero-order valence-corrected chi connectivity index (χ0v) is 11.9. The molecule has 0 radical (unpaired) electrons. The Balaban J connectivity index is 1.84. The largest absolute Gasteiger partial charge is 0.491 e. The second kappa shape index (κ2) is 6.94. The number of halogens is 1. The molecule has 2 rings (SSSR count). The van der Waals surface area contributed by atoms with Gasteiger partial charge in [-0.2, -0.15) is 0 Å². The molecule has 0 saturated carbocycles. The molecule has 0 fully saturated rings. The van der Waals surface area contributed by atoms with Gasteiger partial charge in [0, 0.05) is 12.2 Å². The minimum absolute atomic E-state index is 0.235. The van der Waals surface area contributed by atoms with Gasteiger partial charge in [-0.25, -0.2) is 4.39 Å². The lowest BCUT2D eigenvalue weighted by Gasteiger charge is -2.14. The molecule has 0 heterocycles. The molecule has 106 valence electrons. The number of ether oxygens (including phenoxy) is 1. The van der Waals surface area contributed by atoms with Crippen molar-refractivity contribution in [2.45, 2.75) is 19.8 Å². The Morgan fingerprint density at radius 3 is 2.65 bits per heavy atom. The molecule has 0 bridgehead atoms. The Morgan fingerprint density at radius 2 is 1.90 bits per heavy atom. The quantitative estimate of drug-likeness (QED) is 0.786. The molecule has 3 heteroatoms. The van der Waals surface area contributed by atoms with Crippen molar-refractivity contribution in [1.82, 2.24) is 0 Å². The molecular weight excluding hydrogens is 253 g/mol. The summed E-state index contributed by atoms with van der Waals surface area (Å²) < 4.78 is 18.8. The van der Waals surface area contributed by atoms with E-state index in [4.69, 9.17) is 4.74 Å². The van der Waals surface area contributed by atoms with Crippen LogP contribution in [0.25, 0.3) is 0 Å². The van der Waals surface area contributed by atoms with Crippen LogP contribution in [0.5, 0.6) is 5.75 Å². The van der Waals surface area contributed by atoms with Crippen LogP contribution in [0.15, 0.2) is 48.5 Å². The molecule has 0 amide bonds. The Morgan fingerprint density at radius 1 is 1.10 bits per heavy atom. The zero-order chi connectivity index (χ0) is 14.4. The third-order valence-electron chi connectivity index (χ3n) is 3.05. The molecule has 20 heavy (non-hydrogen) atoms. The maximum atomic E-state index is 13.0. The highest BCUT2D eigenvalue weighted by Gasteiger charge is 2.06. The SMILES string of the molecule is CC(C)c1ccccc1OCCNc1cccc(F)c1. The van der Waals surface area contributed by atoms with Gasteiger partial charge in [0.1, 0.15) is 18.2 Å². The number of hydrogen-bond donors (Lipinski definition) is 1. The fourth-order valence-electron chi connectivity index (χ4n) is 2.04. The number of anilines is 1. The van der Waals surface area contributed by atoms with E-state index < -0.39 is 0 Å². The summed E-state index contributed by atoms with van der Waals surface area (Å²) in [6.07, 6.45) is 0. The second-order valence-electron chi connectivity index (χ2n) is 4.98. The normalized spacial score (nSPS) is 10.6. The molecule has 0 saturated heterocycles. The molecule has 2 aromatic carbocycles. The van der Waals surface area contributed by atoms with E-state index in [1.807, 2.05) is 24.3 Å². The van der Waals surface area contributed by atoms with E-state index in [9.17, 15) is 4.39 Å². The lowest BCUT2D eigenvalue weighted by Crippen LogP contribution is -2.12. The van der Waals surface area contributed by atoms with Crippen LogP contribution in [0.1, 0.15) is 25.3 Å². The van der Waals surface area contributed by atoms with Crippen LogP contribution >= 0.6 is 0 Å². The van der Waals surface area contributed by atoms with Gasteiger partial charge in [-0.3, -0.25) is 0 Å². The topological polar surface area (TPSA) is 21.3 Å². The molecule has 2 aromatic rings. The third kappa shape index (κ3) is 3.98. The average molecular weight is 273 g/mol. The average Bonchev–Trinajstić information content (AvgIpc) is 2.44. The molecule has 2 nitrogen and oxygen atoms in total. The van der Waals surface area contributed by atoms with Crippen molar-refractivity contribution in [3.8, 4) is 5.75 Å². The molecule has 0 unspecified atom stereocenters. The van der Waals surface area contributed by atoms with Crippen molar-refractivity contribution in [3.05, 3.63) is 59.9 Å². The van der Waals surface area contributed by atoms with Gasteiger partial charge in [0.15, 0.2) is 0 Å². The lowest BCUT2D eigenvalue weighted by atomic mass is 10.0. The van der Waals surface area contributed by atoms with E-state index in [2.05, 4.69) is 25.2 Å². The standard InChI is InChI=1S/C17H20FNO/c1-13(2)16-8-3-4-9-17(16)20-11-10-19-15-7-5-6-14(18)12-15/h3-9,12-13,19H,10-11H2,1-2H3. The number of nitrogens with one attached hydrogen (secondary N) is 1. The highest BCUT2D eigenvalue weighted by atomic mass is 19.1. The van der Waals surface area contributed by atoms with Crippen molar-refractivity contribution in [2.24, 2.45) is 0 Å². The number of hydrogen-bond acceptors (Lipinski definition) is 2. The van der Waals surface area contributed by atoms with Crippen LogP contribution in [-0.2, 0) is 0 Å². The Hall–Kier alpha value is -2.03. The zero-order valence-electron chi connectivity index (χ0n) is 11.9. The summed E-state index contributed by atoms with van der Waals surface area (Å²) in [5.41, 5.74) is 1.98. The fraction of sp³-hybridized carbons (Fsp3) is 0.294. The van der Waals surface area contributed by atoms with E-state index in [0.717, 1.165) is 11.4 Å². The van der Waals surface area contributed by atoms with E-state index >= 15 is 0 Å². The number of para-hydroxylation sites is 1. The molecule has 0 aliphatic rings. The van der Waals surface area contributed by atoms with Crippen LogP contribution in [0, 0.1) is 5.82 Å². The van der Waals surface area contributed by atoms with Crippen molar-refractivity contribution in [2.75, 3.05) is 18.5 Å². The molecule has 1 N–H and O–H groups in total. The monoisotopic (exact) mass is 273 g/mol. The molecular formula is C17H20FNO. The smallest absolute Gasteiger partial charge is 0.125 e. The highest BCUT2D eigenvalue weighted by molar-refractivity contribution is 5.43. The van der Waals surface area contributed by atoms with Crippen LogP contribution < -0.4 is 10.1 Å². The van der Waals surface area contributed by atoms with Gasteiger partial charge in [0.05, 0.1) is 0 Å². The maximum absolute atomic E-state index is 13.0. The molecule has 0 aliphatic heterocycles. The number of benzene rings is 2. The summed E-state index contributed by atoms with van der Waals surface area (Å²) in [6, 6.07) is 14.5. The van der Waals surface area contributed by atoms with Gasteiger partial charge in [-0.15, -0.1) is 0 Å². The van der Waals surface area contributed by atoms with Gasteiger partial charge in [-0.05, 0) is 35.7 Å². The summed E-state index contributed by atoms with van der Waals surface area (Å²) in [7, 11) is 0. The Kier molecular flexibility index (Phi) is 4.99. The highest BCUT2D eigenvalue weighted by Crippen LogP contribution is 2.25. The van der Waals surface area contributed by atoms with Gasteiger partial charge in [0.25, 0.3) is 0 Å². The van der Waals surface area contributed by atoms with E-state index in [1.54, 1.807) is 6.07 Å². The first-order valence-corrected chi connectivity index (χ1v) is 6.88. The fourth-order valence-corrected chi connectivity index (χ4v) is 2.04. The van der Waals surface area contributed by atoms with Gasteiger partial charge in [-0.1, -0.05) is 38.1 Å². The van der Waals surface area contributed by atoms with Crippen molar-refractivity contribution >= 4 is 5.69 Å². The predicted octanol–water partition coefficient (Wildman–Crippen LogP) is 4.44. The third-order valence-corrected chi connectivity index (χ3v) is 3.05. The van der Waals surface area contributed by atoms with E-state index in [1.165, 1.54) is 17.7 Å². The molecule has 0 spiro atoms. The van der Waals surface area contributed by atoms with Crippen molar-refractivity contribution in [3.63, 3.8) is 0 Å². The van der Waals surface area contributed by atoms with E-state index in [0.29, 0.717) is 19.1 Å². The summed E-state index contributed by atoms with van der Waals surface area (Å²) in [6.45, 7) is 5.47. The van der Waals surface area contributed by atoms with Gasteiger partial charge in [0.2, 0.25) is 0 Å². The Labute approximate surface area is 119 Å². The first-order valence-electron chi connectivity index (χ1n) is 6.88. The van der Waals surface area contributed by atoms with E-state index in [-0.39, 0.29) is 5.82 Å². The second-order valence-corrected chi connectivity index (χ2v) is 4.98. The van der Waals surface area contributed by atoms with Crippen molar-refractivity contribution in [1.29, 1.82) is 0 Å². The van der Waals surface area contributed by atoms with Crippen LogP contribution in [0.4, 0.5) is 10.1 Å². The maximum Gasteiger partial charge on any atom is 0.125 e. The summed E-state index contributed by atoms with van der Waals surface area (Å²) in [5, 5.41) is 3.14. The summed E-state index contributed by atoms with van der Waals surface area (Å²) in [5.74, 6) is 1.12. The number of rotatable bonds is 6. The first-order chi connectivity index (χ1) is 9.66. The van der Waals surface area contributed by atoms with Gasteiger partial charge >= 0.3 is 0 Å². The molecule has 0 aromatic heterocycles. The van der Waals surface area contributed by atoms with Crippen LogP contribution in [0.2, 0.25) is 0 Å². The van der Waals surface area contributed by atoms with Gasteiger partial charge < -0.3 is 10.1 Å². The minimum Gasteiger partial charge on any atom is -0.491 e. The summed E-state index contributed by atoms with van der Waals surface area (Å²) >= 11 is 0. The molecule has 0 atom stereocenters. The predicted molar refractivity (Wildman–Crippen MR) is 80.9 cm³/mol. The van der Waals surface area contributed by atoms with Crippen LogP contribution in [-0.4, -0.2) is 13.2 Å². The molecule has 0 aliphatic carbocycles. The minimum atomic E-state index is -0.235. The first kappa shape index (κ1) is 14.4.